The van der Waals surface area contributed by atoms with E-state index in [1.807, 2.05) is 24.3 Å². The molecule has 1 aromatic heterocycles. The Hall–Kier alpha value is -3.00. The second-order valence-electron chi connectivity index (χ2n) is 6.59. The number of aliphatic imine (C=N–C) groups is 1. The fourth-order valence-electron chi connectivity index (χ4n) is 3.25. The third-order valence-corrected chi connectivity index (χ3v) is 4.79. The summed E-state index contributed by atoms with van der Waals surface area (Å²) in [6, 6.07) is 11.3. The summed E-state index contributed by atoms with van der Waals surface area (Å²) in [7, 11) is 3.42. The van der Waals surface area contributed by atoms with Gasteiger partial charge >= 0.3 is 0 Å². The second kappa shape index (κ2) is 10.5. The van der Waals surface area contributed by atoms with Gasteiger partial charge in [0.1, 0.15) is 5.75 Å². The van der Waals surface area contributed by atoms with Gasteiger partial charge in [-0.1, -0.05) is 18.2 Å². The van der Waals surface area contributed by atoms with Crippen LogP contribution in [0.3, 0.4) is 0 Å². The van der Waals surface area contributed by atoms with Crippen LogP contribution in [-0.2, 0) is 11.3 Å². The van der Waals surface area contributed by atoms with E-state index in [1.165, 1.54) is 6.26 Å². The molecule has 29 heavy (non-hydrogen) atoms. The minimum atomic E-state index is -0.0673. The Balaban J connectivity index is 1.38. The van der Waals surface area contributed by atoms with Crippen LogP contribution in [0.25, 0.3) is 0 Å². The number of benzene rings is 1. The van der Waals surface area contributed by atoms with Gasteiger partial charge in [-0.05, 0) is 18.2 Å². The molecular weight excluding hydrogens is 372 g/mol. The highest BCUT2D eigenvalue weighted by Gasteiger charge is 2.25. The van der Waals surface area contributed by atoms with Crippen LogP contribution in [0, 0.1) is 0 Å². The highest BCUT2D eigenvalue weighted by atomic mass is 16.5. The smallest absolute Gasteiger partial charge is 0.289 e. The molecule has 1 fully saturated rings. The number of hydrogen-bond donors (Lipinski definition) is 1. The van der Waals surface area contributed by atoms with Crippen LogP contribution in [0.5, 0.6) is 5.75 Å². The van der Waals surface area contributed by atoms with Gasteiger partial charge in [-0.2, -0.15) is 0 Å². The Morgan fingerprint density at radius 2 is 1.90 bits per heavy atom. The molecule has 1 aromatic carbocycles. The number of amides is 1. The molecule has 156 valence electrons. The zero-order chi connectivity index (χ0) is 20.5. The molecule has 0 bridgehead atoms. The van der Waals surface area contributed by atoms with Crippen LogP contribution in [0.15, 0.2) is 52.1 Å². The topological polar surface area (TPSA) is 79.5 Å². The summed E-state index contributed by atoms with van der Waals surface area (Å²) in [6.45, 7) is 4.39. The molecule has 0 spiro atoms. The van der Waals surface area contributed by atoms with Crippen molar-refractivity contribution in [2.24, 2.45) is 4.99 Å². The Labute approximate surface area is 171 Å². The van der Waals surface area contributed by atoms with Gasteiger partial charge < -0.3 is 29.0 Å². The highest BCUT2D eigenvalue weighted by Crippen LogP contribution is 2.17. The van der Waals surface area contributed by atoms with Crippen molar-refractivity contribution in [2.75, 3.05) is 53.5 Å². The van der Waals surface area contributed by atoms with Gasteiger partial charge in [0.15, 0.2) is 11.7 Å². The van der Waals surface area contributed by atoms with E-state index < -0.39 is 0 Å². The van der Waals surface area contributed by atoms with E-state index >= 15 is 0 Å². The molecular formula is C21H28N4O4. The normalized spacial score (nSPS) is 14.8. The van der Waals surface area contributed by atoms with Crippen molar-refractivity contribution in [2.45, 2.75) is 6.61 Å². The first-order valence-electron chi connectivity index (χ1n) is 9.71. The van der Waals surface area contributed by atoms with Crippen LogP contribution >= 0.6 is 0 Å². The summed E-state index contributed by atoms with van der Waals surface area (Å²) < 4.78 is 16.3. The molecule has 1 N–H and O–H groups in total. The molecule has 0 saturated carbocycles. The first-order chi connectivity index (χ1) is 14.2. The molecule has 0 radical (unpaired) electrons. The van der Waals surface area contributed by atoms with E-state index in [0.717, 1.165) is 17.3 Å². The fraction of sp³-hybridized carbons (Fsp3) is 0.429. The fourth-order valence-corrected chi connectivity index (χ4v) is 3.25. The number of nitrogens with zero attached hydrogens (tertiary/aromatic N) is 3. The van der Waals surface area contributed by atoms with Crippen molar-refractivity contribution in [3.05, 3.63) is 54.0 Å². The predicted molar refractivity (Wildman–Crippen MR) is 110 cm³/mol. The summed E-state index contributed by atoms with van der Waals surface area (Å²) in [5.41, 5.74) is 1.02. The van der Waals surface area contributed by atoms with Crippen LogP contribution in [0.2, 0.25) is 0 Å². The van der Waals surface area contributed by atoms with Crippen molar-refractivity contribution in [3.8, 4) is 5.75 Å². The molecule has 8 heteroatoms. The highest BCUT2D eigenvalue weighted by molar-refractivity contribution is 5.91. The summed E-state index contributed by atoms with van der Waals surface area (Å²) in [6.07, 6.45) is 1.52. The van der Waals surface area contributed by atoms with E-state index in [1.54, 1.807) is 31.2 Å². The largest absolute Gasteiger partial charge is 0.496 e. The number of furan rings is 1. The lowest BCUT2D eigenvalue weighted by Gasteiger charge is -2.36. The van der Waals surface area contributed by atoms with Crippen LogP contribution in [0.1, 0.15) is 16.1 Å². The van der Waals surface area contributed by atoms with Crippen LogP contribution in [0.4, 0.5) is 0 Å². The van der Waals surface area contributed by atoms with Crippen molar-refractivity contribution >= 4 is 11.9 Å². The number of methoxy groups -OCH3 is 1. The number of ether oxygens (including phenoxy) is 2. The molecule has 1 aliphatic heterocycles. The van der Waals surface area contributed by atoms with E-state index in [9.17, 15) is 4.79 Å². The molecule has 0 aliphatic carbocycles. The molecule has 1 saturated heterocycles. The zero-order valence-electron chi connectivity index (χ0n) is 17.0. The molecule has 3 rings (SSSR count). The van der Waals surface area contributed by atoms with Crippen molar-refractivity contribution in [3.63, 3.8) is 0 Å². The predicted octanol–water partition coefficient (Wildman–Crippen LogP) is 1.84. The maximum atomic E-state index is 12.4. The van der Waals surface area contributed by atoms with E-state index in [4.69, 9.17) is 13.9 Å². The lowest BCUT2D eigenvalue weighted by molar-refractivity contribution is 0.0657. The van der Waals surface area contributed by atoms with E-state index in [-0.39, 0.29) is 5.91 Å². The number of piperazine rings is 1. The van der Waals surface area contributed by atoms with Gasteiger partial charge in [0.05, 0.1) is 26.6 Å². The third kappa shape index (κ3) is 5.51. The average molecular weight is 400 g/mol. The Morgan fingerprint density at radius 3 is 2.59 bits per heavy atom. The molecule has 0 atom stereocenters. The van der Waals surface area contributed by atoms with E-state index in [2.05, 4.69) is 15.2 Å². The molecule has 2 heterocycles. The SMILES string of the molecule is CN=C(NCCOCc1ccccc1OC)N1CCN(C(=O)c2ccco2)CC1. The minimum absolute atomic E-state index is 0.0673. The third-order valence-electron chi connectivity index (χ3n) is 4.79. The zero-order valence-corrected chi connectivity index (χ0v) is 17.0. The Morgan fingerprint density at radius 1 is 1.14 bits per heavy atom. The van der Waals surface area contributed by atoms with Crippen LogP contribution < -0.4 is 10.1 Å². The molecule has 1 amide bonds. The number of guanidine groups is 1. The van der Waals surface area contributed by atoms with Crippen LogP contribution in [-0.4, -0.2) is 75.2 Å². The summed E-state index contributed by atoms with van der Waals surface area (Å²) in [4.78, 5) is 20.7. The molecule has 1 aliphatic rings. The van der Waals surface area contributed by atoms with Gasteiger partial charge in [0.25, 0.3) is 5.91 Å². The molecule has 2 aromatic rings. The second-order valence-corrected chi connectivity index (χ2v) is 6.59. The quantitative estimate of drug-likeness (QED) is 0.434. The van der Waals surface area contributed by atoms with Crippen molar-refractivity contribution in [1.29, 1.82) is 0 Å². The summed E-state index contributed by atoms with van der Waals surface area (Å²) >= 11 is 0. The maximum Gasteiger partial charge on any atom is 0.289 e. The number of hydrogen-bond acceptors (Lipinski definition) is 5. The lowest BCUT2D eigenvalue weighted by atomic mass is 10.2. The first-order valence-corrected chi connectivity index (χ1v) is 9.71. The van der Waals surface area contributed by atoms with Crippen molar-refractivity contribution < 1.29 is 18.7 Å². The number of para-hydroxylation sites is 1. The molecule has 8 nitrogen and oxygen atoms in total. The Kier molecular flexibility index (Phi) is 7.52. The van der Waals surface area contributed by atoms with Crippen molar-refractivity contribution in [1.82, 2.24) is 15.1 Å². The number of nitrogens with one attached hydrogen (secondary N) is 1. The Bertz CT molecular complexity index is 799. The number of rotatable bonds is 7. The summed E-state index contributed by atoms with van der Waals surface area (Å²) in [5.74, 6) is 1.96. The standard InChI is InChI=1S/C21H28N4O4/c1-22-21(23-9-15-28-16-17-6-3-4-7-18(17)27-2)25-12-10-24(11-13-25)20(26)19-8-5-14-29-19/h3-8,14H,9-13,15-16H2,1-2H3,(H,22,23). The van der Waals surface area contributed by atoms with E-state index in [0.29, 0.717) is 51.7 Å². The number of carbonyl (C=O) groups excluding carboxylic acids is 1. The number of carbonyl (C=O) groups is 1. The molecule has 0 unspecified atom stereocenters. The van der Waals surface area contributed by atoms with Gasteiger partial charge in [0.2, 0.25) is 0 Å². The summed E-state index contributed by atoms with van der Waals surface area (Å²) in [5, 5.41) is 3.32. The van der Waals surface area contributed by atoms with Gasteiger partial charge in [-0.3, -0.25) is 9.79 Å². The van der Waals surface area contributed by atoms with Gasteiger partial charge in [-0.15, -0.1) is 0 Å². The maximum absolute atomic E-state index is 12.4. The lowest BCUT2D eigenvalue weighted by Crippen LogP contribution is -2.54. The van der Waals surface area contributed by atoms with Gasteiger partial charge in [0, 0.05) is 45.3 Å². The monoisotopic (exact) mass is 400 g/mol. The van der Waals surface area contributed by atoms with Gasteiger partial charge in [-0.25, -0.2) is 0 Å². The first kappa shape index (κ1) is 20.7. The average Bonchev–Trinajstić information content (AvgIpc) is 3.31. The minimum Gasteiger partial charge on any atom is -0.496 e.